The molecule has 28 aromatic rings. The molecule has 28 aromatic carbocycles. The summed E-state index contributed by atoms with van der Waals surface area (Å²) in [5.41, 5.74) is 5.65. The van der Waals surface area contributed by atoms with Crippen LogP contribution in [0.5, 0.6) is 0 Å². The van der Waals surface area contributed by atoms with Gasteiger partial charge >= 0.3 is 0 Å². The molecule has 0 saturated heterocycles. The van der Waals surface area contributed by atoms with Crippen LogP contribution >= 0.6 is 0 Å². The SMILES string of the molecule is CCCCCCCCCCCCCCCCCCNC(=O)C1C23c4c5c6c7c8c9c(c%10c%11c2c2c4c4c%12c5c5c6c6c8c8c%13c9c9c%10c%10c%11c%11c2c2c4c4c%12c%12c5c5c6c8c6c8c%13c9c9c%10c%10c%11c2c2c4c4c%12c5c6c5c8c9c%10c2c45)C713. The van der Waals surface area contributed by atoms with Crippen LogP contribution in [0.25, 0.3) is 291 Å². The Kier molecular flexibility index (Phi) is 4.03. The maximum Gasteiger partial charge on any atom is 0.225 e. The van der Waals surface area contributed by atoms with E-state index in [0.717, 1.165) is 13.0 Å². The van der Waals surface area contributed by atoms with Crippen molar-refractivity contribution in [1.82, 2.24) is 5.32 Å². The van der Waals surface area contributed by atoms with E-state index in [-0.39, 0.29) is 5.92 Å². The molecule has 82 heavy (non-hydrogen) atoms. The molecule has 0 atom stereocenters. The minimum absolute atomic E-state index is 0.172. The van der Waals surface area contributed by atoms with E-state index in [0.29, 0.717) is 5.91 Å². The molecule has 1 fully saturated rings. The minimum atomic E-state index is -0.433. The molecule has 0 heterocycles. The van der Waals surface area contributed by atoms with Gasteiger partial charge in [-0.2, -0.15) is 0 Å². The van der Waals surface area contributed by atoms with Gasteiger partial charge in [-0.1, -0.05) is 103 Å². The first-order valence-electron chi connectivity index (χ1n) is 32.9. The lowest BCUT2D eigenvalue weighted by atomic mass is 9.68. The first-order chi connectivity index (χ1) is 40.8. The molecule has 2 heteroatoms. The van der Waals surface area contributed by atoms with Gasteiger partial charge in [0.2, 0.25) is 5.91 Å². The number of amides is 1. The molecule has 5 aliphatic carbocycles. The van der Waals surface area contributed by atoms with E-state index in [1.165, 1.54) is 96.3 Å². The van der Waals surface area contributed by atoms with E-state index in [1.807, 2.05) is 0 Å². The van der Waals surface area contributed by atoms with Gasteiger partial charge in [0.05, 0.1) is 16.7 Å². The van der Waals surface area contributed by atoms with E-state index < -0.39 is 10.8 Å². The van der Waals surface area contributed by atoms with Crippen LogP contribution in [-0.2, 0) is 15.6 Å². The van der Waals surface area contributed by atoms with Crippen LogP contribution < -0.4 is 5.32 Å². The molecule has 1 saturated carbocycles. The molecule has 370 valence electrons. The summed E-state index contributed by atoms with van der Waals surface area (Å²) >= 11 is 0. The van der Waals surface area contributed by atoms with Crippen molar-refractivity contribution in [2.24, 2.45) is 5.92 Å². The van der Waals surface area contributed by atoms with Gasteiger partial charge in [-0.15, -0.1) is 0 Å². The third-order valence-corrected chi connectivity index (χ3v) is 28.8. The fourth-order valence-electron chi connectivity index (χ4n) is 27.8. The van der Waals surface area contributed by atoms with Gasteiger partial charge in [-0.3, -0.25) is 4.79 Å². The van der Waals surface area contributed by atoms with Gasteiger partial charge in [-0.05, 0) is 320 Å². The van der Waals surface area contributed by atoms with Crippen molar-refractivity contribution in [3.8, 4) is 0 Å². The predicted molar refractivity (Wildman–Crippen MR) is 350 cm³/mol. The van der Waals surface area contributed by atoms with E-state index in [2.05, 4.69) is 12.2 Å². The molecule has 0 aliphatic heterocycles. The van der Waals surface area contributed by atoms with Crippen LogP contribution in [0, 0.1) is 5.92 Å². The van der Waals surface area contributed by atoms with Crippen LogP contribution in [0.4, 0.5) is 0 Å². The Hall–Kier alpha value is -8.07. The van der Waals surface area contributed by atoms with Crippen LogP contribution in [0.2, 0.25) is 0 Å². The first kappa shape index (κ1) is 35.7. The molecule has 1 amide bonds. The third-order valence-electron chi connectivity index (χ3n) is 28.8. The summed E-state index contributed by atoms with van der Waals surface area (Å²) in [6.45, 7) is 3.11. The zero-order valence-electron chi connectivity index (χ0n) is 45.0. The maximum absolute atomic E-state index is 16.7. The van der Waals surface area contributed by atoms with Crippen LogP contribution in [-0.4, -0.2) is 12.5 Å². The second-order valence-electron chi connectivity index (χ2n) is 30.4. The van der Waals surface area contributed by atoms with Crippen LogP contribution in [0.15, 0.2) is 0 Å². The Bertz CT molecular complexity index is 6840. The zero-order valence-corrected chi connectivity index (χ0v) is 45.0. The highest BCUT2D eigenvalue weighted by Crippen LogP contribution is 2.92. The molecular formula is C80H39NO. The van der Waals surface area contributed by atoms with Crippen LogP contribution in [0.1, 0.15) is 132 Å². The van der Waals surface area contributed by atoms with Gasteiger partial charge in [0.15, 0.2) is 0 Å². The molecule has 0 unspecified atom stereocenters. The number of carbonyl (C=O) groups excluding carboxylic acids is 1. The Morgan fingerprint density at radius 1 is 0.232 bits per heavy atom. The quantitative estimate of drug-likeness (QED) is 0.0673. The highest BCUT2D eigenvalue weighted by molar-refractivity contribution is 6.82. The predicted octanol–water partition coefficient (Wildman–Crippen LogP) is 22.3. The molecule has 1 N–H and O–H groups in total. The monoisotopic (exact) mass is 1030 g/mol. The van der Waals surface area contributed by atoms with Gasteiger partial charge < -0.3 is 5.32 Å². The van der Waals surface area contributed by atoms with Crippen molar-refractivity contribution in [2.75, 3.05) is 6.54 Å². The average Bonchev–Trinajstić information content (AvgIpc) is 1.37. The van der Waals surface area contributed by atoms with Crippen molar-refractivity contribution in [2.45, 2.75) is 120 Å². The number of rotatable bonds is 18. The number of benzene rings is 18. The summed E-state index contributed by atoms with van der Waals surface area (Å²) in [5, 5.41) is 91.7. The molecule has 0 bridgehead atoms. The molecular weight excluding hydrogens is 991 g/mol. The van der Waals surface area contributed by atoms with Crippen molar-refractivity contribution in [1.29, 1.82) is 0 Å². The fourth-order valence-corrected chi connectivity index (χ4v) is 27.8. The molecule has 2 nitrogen and oxygen atoms in total. The molecule has 0 radical (unpaired) electrons. The Balaban J connectivity index is 0.729. The standard InChI is InChI=1S/C80H39NO/c1-2-3-4-5-6-7-8-9-10-11-12-13-14-15-16-17-18-81-78(82)77-79-73-65-57-47-37-29-21-19-20-23-27-25(21)33-41-35(27)45-39-31(23)32-24(20)28-26-22(19)30(29)38-44-34(26)42-36(28)46-40(32)50-49(39)59-53(45)63-55(41)61(51(57)43(33)37)69(73)71(63)75-67(59)68-60(50)54(46)64-56(42)62-52(44)58(48(38)47)66(65)74(79)70(62)72(64)76(68)80(75,77)79/h77H,2-18H2,1H3,(H,81,82). The van der Waals surface area contributed by atoms with Gasteiger partial charge in [-0.25, -0.2) is 0 Å². The summed E-state index contributed by atoms with van der Waals surface area (Å²) in [6.07, 6.45) is 21.8. The zero-order chi connectivity index (χ0) is 50.4. The van der Waals surface area contributed by atoms with E-state index in [1.54, 1.807) is 313 Å². The molecule has 5 aliphatic rings. The fraction of sp³-hybridized carbons (Fsp3) is 0.263. The second-order valence-corrected chi connectivity index (χ2v) is 30.4. The highest BCUT2D eigenvalue weighted by atomic mass is 16.2. The van der Waals surface area contributed by atoms with Gasteiger partial charge in [0.25, 0.3) is 0 Å². The first-order valence-corrected chi connectivity index (χ1v) is 32.9. The van der Waals surface area contributed by atoms with Crippen molar-refractivity contribution < 1.29 is 4.79 Å². The summed E-state index contributed by atoms with van der Waals surface area (Å²) in [7, 11) is 0. The summed E-state index contributed by atoms with van der Waals surface area (Å²) in [6, 6.07) is 0. The van der Waals surface area contributed by atoms with Crippen molar-refractivity contribution in [3.05, 3.63) is 22.3 Å². The van der Waals surface area contributed by atoms with E-state index >= 15 is 4.79 Å². The lowest BCUT2D eigenvalue weighted by Crippen LogP contribution is -2.29. The van der Waals surface area contributed by atoms with Gasteiger partial charge in [0, 0.05) is 6.54 Å². The Labute approximate surface area is 459 Å². The summed E-state index contributed by atoms with van der Waals surface area (Å²) in [4.78, 5) is 16.7. The second kappa shape index (κ2) is 9.25. The Morgan fingerprint density at radius 2 is 0.378 bits per heavy atom. The van der Waals surface area contributed by atoms with E-state index in [4.69, 9.17) is 0 Å². The highest BCUT2D eigenvalue weighted by Gasteiger charge is 2.88. The largest absolute Gasteiger partial charge is 0.356 e. The number of hydrogen-bond acceptors (Lipinski definition) is 1. The lowest BCUT2D eigenvalue weighted by molar-refractivity contribution is -0.122. The Morgan fingerprint density at radius 3 is 0.549 bits per heavy atom. The lowest BCUT2D eigenvalue weighted by Gasteiger charge is -2.32. The number of carbonyl (C=O) groups is 1. The molecule has 0 aromatic heterocycles. The molecule has 33 rings (SSSR count). The maximum atomic E-state index is 16.7. The smallest absolute Gasteiger partial charge is 0.225 e. The van der Waals surface area contributed by atoms with E-state index in [9.17, 15) is 0 Å². The normalized spacial score (nSPS) is 21.6. The number of unbranched alkanes of at least 4 members (excludes halogenated alkanes) is 15. The third kappa shape index (κ3) is 2.29. The van der Waals surface area contributed by atoms with Crippen molar-refractivity contribution in [3.63, 3.8) is 0 Å². The summed E-state index contributed by atoms with van der Waals surface area (Å²) in [5.74, 6) is 0.186. The van der Waals surface area contributed by atoms with Crippen LogP contribution in [0.3, 0.4) is 0 Å². The topological polar surface area (TPSA) is 29.1 Å². The number of nitrogens with one attached hydrogen (secondary N) is 1. The molecule has 2 spiro atoms. The van der Waals surface area contributed by atoms with Crippen molar-refractivity contribution >= 4 is 297 Å². The summed E-state index contributed by atoms with van der Waals surface area (Å²) < 4.78 is 0. The number of hydrogen-bond donors (Lipinski definition) is 1. The average molecular weight is 1030 g/mol. The van der Waals surface area contributed by atoms with Gasteiger partial charge in [0.1, 0.15) is 0 Å². The minimum Gasteiger partial charge on any atom is -0.356 e.